The maximum atomic E-state index is 12.5. The van der Waals surface area contributed by atoms with Crippen molar-refractivity contribution in [2.24, 2.45) is 0 Å². The first kappa shape index (κ1) is 19.0. The number of halogens is 1. The average molecular weight is 326 g/mol. The molecule has 0 bridgehead atoms. The summed E-state index contributed by atoms with van der Waals surface area (Å²) in [5.74, 6) is -0.0795. The van der Waals surface area contributed by atoms with E-state index in [0.29, 0.717) is 13.2 Å². The summed E-state index contributed by atoms with van der Waals surface area (Å²) in [5, 5.41) is 0. The van der Waals surface area contributed by atoms with Crippen LogP contribution in [0.2, 0.25) is 0 Å². The molecule has 0 aliphatic heterocycles. The molecule has 1 rings (SSSR count). The fourth-order valence-corrected chi connectivity index (χ4v) is 2.78. The van der Waals surface area contributed by atoms with Crippen LogP contribution in [0.3, 0.4) is 0 Å². The average Bonchev–Trinajstić information content (AvgIpc) is 2.55. The monoisotopic (exact) mass is 325 g/mol. The molecule has 1 amide bonds. The summed E-state index contributed by atoms with van der Waals surface area (Å²) in [7, 11) is 0. The Bertz CT molecular complexity index is 454. The largest absolute Gasteiger partial charge is 0.379 e. The molecule has 1 unspecified atom stereocenters. The van der Waals surface area contributed by atoms with Crippen molar-refractivity contribution in [2.45, 2.75) is 53.0 Å². The highest BCUT2D eigenvalue weighted by atomic mass is 35.5. The highest BCUT2D eigenvalue weighted by Crippen LogP contribution is 2.29. The summed E-state index contributed by atoms with van der Waals surface area (Å²) in [6, 6.07) is 6.20. The Balaban J connectivity index is 3.19. The van der Waals surface area contributed by atoms with Gasteiger partial charge in [-0.2, -0.15) is 0 Å². The van der Waals surface area contributed by atoms with Crippen LogP contribution in [0.4, 0.5) is 5.69 Å². The maximum Gasteiger partial charge on any atom is 0.242 e. The van der Waals surface area contributed by atoms with E-state index in [2.05, 4.69) is 39.0 Å². The van der Waals surface area contributed by atoms with Crippen LogP contribution >= 0.6 is 11.6 Å². The van der Waals surface area contributed by atoms with Crippen molar-refractivity contribution in [1.29, 1.82) is 0 Å². The van der Waals surface area contributed by atoms with Crippen LogP contribution in [-0.2, 0) is 22.4 Å². The predicted molar refractivity (Wildman–Crippen MR) is 94.0 cm³/mol. The number of aryl methyl sites for hydroxylation is 2. The molecule has 4 heteroatoms. The predicted octanol–water partition coefficient (Wildman–Crippen LogP) is 4.20. The van der Waals surface area contributed by atoms with Gasteiger partial charge >= 0.3 is 0 Å². The minimum Gasteiger partial charge on any atom is -0.379 e. The van der Waals surface area contributed by atoms with E-state index < -0.39 is 0 Å². The molecule has 0 heterocycles. The number of alkyl halides is 1. The number of nitrogens with zero attached hydrogens (tertiary/aromatic N) is 1. The molecule has 0 aliphatic rings. The van der Waals surface area contributed by atoms with E-state index in [4.69, 9.17) is 16.3 Å². The van der Waals surface area contributed by atoms with Gasteiger partial charge in [0.2, 0.25) is 5.91 Å². The van der Waals surface area contributed by atoms with Gasteiger partial charge in [-0.3, -0.25) is 4.79 Å². The molecular weight excluding hydrogens is 298 g/mol. The molecule has 0 N–H and O–H groups in total. The molecule has 3 nitrogen and oxygen atoms in total. The van der Waals surface area contributed by atoms with E-state index in [1.54, 1.807) is 0 Å². The number of benzene rings is 1. The second kappa shape index (κ2) is 9.86. The molecule has 0 fully saturated rings. The van der Waals surface area contributed by atoms with Gasteiger partial charge in [-0.1, -0.05) is 39.0 Å². The first-order chi connectivity index (χ1) is 10.6. The fraction of sp³-hybridized carbons (Fsp3) is 0.611. The van der Waals surface area contributed by atoms with E-state index in [1.807, 2.05) is 11.8 Å². The maximum absolute atomic E-state index is 12.5. The van der Waals surface area contributed by atoms with Gasteiger partial charge in [-0.15, -0.1) is 11.6 Å². The molecule has 0 radical (unpaired) electrons. The van der Waals surface area contributed by atoms with Gasteiger partial charge in [0.25, 0.3) is 0 Å². The van der Waals surface area contributed by atoms with E-state index in [-0.39, 0.29) is 17.8 Å². The van der Waals surface area contributed by atoms with Crippen LogP contribution in [0.25, 0.3) is 0 Å². The molecular formula is C18H28ClNO2. The van der Waals surface area contributed by atoms with Crippen LogP contribution in [0.15, 0.2) is 18.2 Å². The van der Waals surface area contributed by atoms with Crippen molar-refractivity contribution in [1.82, 2.24) is 0 Å². The Morgan fingerprint density at radius 1 is 1.23 bits per heavy atom. The Labute approximate surface area is 139 Å². The highest BCUT2D eigenvalue weighted by molar-refractivity contribution is 6.29. The highest BCUT2D eigenvalue weighted by Gasteiger charge is 2.25. The molecule has 1 aromatic carbocycles. The quantitative estimate of drug-likeness (QED) is 0.503. The summed E-state index contributed by atoms with van der Waals surface area (Å²) in [6.45, 7) is 9.56. The number of carbonyl (C=O) groups excluding carboxylic acids is 1. The molecule has 1 aromatic rings. The normalized spacial score (nSPS) is 12.2. The van der Waals surface area contributed by atoms with E-state index in [1.165, 1.54) is 11.1 Å². The summed E-state index contributed by atoms with van der Waals surface area (Å²) >= 11 is 5.86. The molecule has 22 heavy (non-hydrogen) atoms. The van der Waals surface area contributed by atoms with Gasteiger partial charge in [-0.05, 0) is 37.3 Å². The lowest BCUT2D eigenvalue weighted by Crippen LogP contribution is -2.43. The summed E-state index contributed by atoms with van der Waals surface area (Å²) in [6.07, 6.45) is 2.75. The van der Waals surface area contributed by atoms with Crippen molar-refractivity contribution in [3.05, 3.63) is 29.3 Å². The Morgan fingerprint density at radius 3 is 2.27 bits per heavy atom. The zero-order chi connectivity index (χ0) is 16.5. The van der Waals surface area contributed by atoms with Gasteiger partial charge < -0.3 is 9.64 Å². The molecule has 0 aromatic heterocycles. The third-order valence-electron chi connectivity index (χ3n) is 3.74. The lowest BCUT2D eigenvalue weighted by molar-refractivity contribution is -0.117. The van der Waals surface area contributed by atoms with Crippen molar-refractivity contribution in [2.75, 3.05) is 24.0 Å². The fourth-order valence-electron chi connectivity index (χ4n) is 2.65. The van der Waals surface area contributed by atoms with E-state index in [9.17, 15) is 4.79 Å². The number of ether oxygens (including phenoxy) is 1. The number of carbonyl (C=O) groups is 1. The van der Waals surface area contributed by atoms with Crippen LogP contribution in [-0.4, -0.2) is 31.0 Å². The summed E-state index contributed by atoms with van der Waals surface area (Å²) in [4.78, 5) is 14.3. The number of para-hydroxylation sites is 1. The minimum absolute atomic E-state index is 0.0146. The second-order valence-corrected chi connectivity index (χ2v) is 5.72. The molecule has 0 spiro atoms. The number of anilines is 1. The number of hydrogen-bond acceptors (Lipinski definition) is 2. The number of amides is 1. The third-order valence-corrected chi connectivity index (χ3v) is 3.97. The van der Waals surface area contributed by atoms with E-state index >= 15 is 0 Å². The zero-order valence-corrected chi connectivity index (χ0v) is 14.9. The SMILES string of the molecule is CCCOCC(C)N(C(=O)CCl)c1c(CC)cccc1CC. The number of hydrogen-bond donors (Lipinski definition) is 0. The molecule has 0 aliphatic carbocycles. The standard InChI is InChI=1S/C18H28ClNO2/c1-5-11-22-13-14(4)20(17(21)12-19)18-15(6-2)9-8-10-16(18)7-3/h8-10,14H,5-7,11-13H2,1-4H3. The Hall–Kier alpha value is -1.06. The van der Waals surface area contributed by atoms with Crippen LogP contribution in [0.5, 0.6) is 0 Å². The zero-order valence-electron chi connectivity index (χ0n) is 14.2. The minimum atomic E-state index is -0.0649. The van der Waals surface area contributed by atoms with Gasteiger partial charge in [0.15, 0.2) is 0 Å². The van der Waals surface area contributed by atoms with Crippen LogP contribution in [0, 0.1) is 0 Å². The molecule has 1 atom stereocenters. The van der Waals surface area contributed by atoms with Crippen LogP contribution < -0.4 is 4.90 Å². The van der Waals surface area contributed by atoms with Crippen molar-refractivity contribution >= 4 is 23.2 Å². The summed E-state index contributed by atoms with van der Waals surface area (Å²) < 4.78 is 5.65. The first-order valence-electron chi connectivity index (χ1n) is 8.17. The third kappa shape index (κ3) is 4.72. The Morgan fingerprint density at radius 2 is 1.82 bits per heavy atom. The molecule has 0 saturated heterocycles. The van der Waals surface area contributed by atoms with Crippen LogP contribution in [0.1, 0.15) is 45.2 Å². The van der Waals surface area contributed by atoms with Gasteiger partial charge in [0, 0.05) is 6.61 Å². The molecule has 124 valence electrons. The van der Waals surface area contributed by atoms with E-state index in [0.717, 1.165) is 24.9 Å². The topological polar surface area (TPSA) is 29.5 Å². The van der Waals surface area contributed by atoms with Gasteiger partial charge in [0.1, 0.15) is 5.88 Å². The van der Waals surface area contributed by atoms with Gasteiger partial charge in [-0.25, -0.2) is 0 Å². The summed E-state index contributed by atoms with van der Waals surface area (Å²) in [5.41, 5.74) is 3.38. The smallest absolute Gasteiger partial charge is 0.242 e. The molecule has 0 saturated carbocycles. The Kier molecular flexibility index (Phi) is 8.51. The van der Waals surface area contributed by atoms with Crippen molar-refractivity contribution in [3.63, 3.8) is 0 Å². The van der Waals surface area contributed by atoms with Gasteiger partial charge in [0.05, 0.1) is 18.3 Å². The van der Waals surface area contributed by atoms with Crippen molar-refractivity contribution in [3.8, 4) is 0 Å². The lowest BCUT2D eigenvalue weighted by Gasteiger charge is -2.32. The second-order valence-electron chi connectivity index (χ2n) is 5.45. The number of rotatable bonds is 9. The lowest BCUT2D eigenvalue weighted by atomic mass is 10.0. The first-order valence-corrected chi connectivity index (χ1v) is 8.70. The van der Waals surface area contributed by atoms with Crippen molar-refractivity contribution < 1.29 is 9.53 Å².